The first-order valence-corrected chi connectivity index (χ1v) is 3.00. The molecule has 0 aliphatic heterocycles. The zero-order valence-electron chi connectivity index (χ0n) is 1.92. The molecule has 0 aromatic carbocycles. The molecule has 5 N–H and O–H groups in total. The molecule has 4 heavy (non-hydrogen) atoms. The predicted octanol–water partition coefficient (Wildman–Crippen LogP) is -1.74. The Labute approximate surface area is 30.9 Å². The third-order valence-corrected chi connectivity index (χ3v) is 0. The number of hydrogen-bond donors (Lipinski definition) is 3. The quantitative estimate of drug-likeness (QED) is 0.364. The van der Waals surface area contributed by atoms with Crippen LogP contribution in [0.3, 0.4) is 0 Å². The second kappa shape index (κ2) is 1.82. The van der Waals surface area contributed by atoms with E-state index in [9.17, 15) is 0 Å². The summed E-state index contributed by atoms with van der Waals surface area (Å²) >= 11 is -1.98. The van der Waals surface area contributed by atoms with Crippen molar-refractivity contribution in [2.24, 2.45) is 8.73 Å². The monoisotopic (exact) mass is 155 g/mol. The Balaban J connectivity index is 2.32. The van der Waals surface area contributed by atoms with Crippen molar-refractivity contribution in [1.29, 1.82) is 0 Å². The fraction of sp³-hybridized carbons (Fsp3) is 0. The van der Waals surface area contributed by atoms with Gasteiger partial charge in [0.2, 0.25) is 0 Å². The fourth-order valence-corrected chi connectivity index (χ4v) is 0. The Kier molecular flexibility index (Phi) is 2.07. The molecule has 0 heterocycles. The number of hydrogen-bond acceptors (Lipinski definition) is 3. The minimum absolute atomic E-state index is 1.98. The summed E-state index contributed by atoms with van der Waals surface area (Å²) in [5, 5.41) is 0. The molecule has 0 rings (SSSR count). The van der Waals surface area contributed by atoms with Gasteiger partial charge in [-0.2, -0.15) is 0 Å². The van der Waals surface area contributed by atoms with E-state index in [-0.39, 0.29) is 0 Å². The van der Waals surface area contributed by atoms with Crippen molar-refractivity contribution in [2.45, 2.75) is 0 Å². The molecule has 0 spiro atoms. The van der Waals surface area contributed by atoms with Gasteiger partial charge in [0.05, 0.1) is 0 Å². The van der Waals surface area contributed by atoms with Gasteiger partial charge in [0, 0.05) is 0 Å². The summed E-state index contributed by atoms with van der Waals surface area (Å²) in [5.74, 6) is 0. The summed E-state index contributed by atoms with van der Waals surface area (Å²) < 4.78 is 16.8. The Hall–Kier alpha value is 0.542. The molecule has 0 amide bonds. The van der Waals surface area contributed by atoms with Gasteiger partial charge in [0.25, 0.3) is 0 Å². The van der Waals surface area contributed by atoms with Gasteiger partial charge in [-0.3, -0.25) is 0 Å². The van der Waals surface area contributed by atoms with Gasteiger partial charge in [-0.15, -0.1) is 0 Å². The number of rotatable bonds is 0. The molecule has 0 saturated heterocycles. The standard InChI is InChI=1S/2H2N.H2O.Pd/h3*1H2;/q2*-1;;+3/p-1. The fourth-order valence-electron chi connectivity index (χ4n) is 0. The van der Waals surface area contributed by atoms with Crippen LogP contribution in [0, 0.1) is 0 Å². The van der Waals surface area contributed by atoms with E-state index in [1.807, 2.05) is 0 Å². The predicted molar refractivity (Wildman–Crippen MR) is 10.6 cm³/mol. The molecule has 0 unspecified atom stereocenters. The van der Waals surface area contributed by atoms with Crippen molar-refractivity contribution < 1.29 is 21.5 Å². The summed E-state index contributed by atoms with van der Waals surface area (Å²) in [6.07, 6.45) is 0. The first-order valence-electron chi connectivity index (χ1n) is 0.507. The van der Waals surface area contributed by atoms with Crippen LogP contribution in [-0.2, 0) is 17.6 Å². The first kappa shape index (κ1) is 4.54. The summed E-state index contributed by atoms with van der Waals surface area (Å²) in [7, 11) is 0. The van der Waals surface area contributed by atoms with Gasteiger partial charge in [-0.1, -0.05) is 0 Å². The maximum atomic E-state index is 7.73. The van der Waals surface area contributed by atoms with E-state index in [1.54, 1.807) is 0 Å². The molecule has 0 saturated carbocycles. The van der Waals surface area contributed by atoms with Crippen LogP contribution < -0.4 is 8.73 Å². The molecule has 0 atom stereocenters. The molecule has 0 fully saturated rings. The Morgan fingerprint density at radius 2 is 1.50 bits per heavy atom. The average molecular weight is 155 g/mol. The van der Waals surface area contributed by atoms with Gasteiger partial charge in [-0.05, 0) is 0 Å². The molecule has 0 aromatic rings. The minimum atomic E-state index is -1.98. The van der Waals surface area contributed by atoms with Crippen molar-refractivity contribution in [3.8, 4) is 0 Å². The molecule has 4 heteroatoms. The van der Waals surface area contributed by atoms with E-state index in [0.29, 0.717) is 0 Å². The van der Waals surface area contributed by atoms with Gasteiger partial charge >= 0.3 is 30.2 Å². The van der Waals surface area contributed by atoms with Crippen LogP contribution in [0.1, 0.15) is 0 Å². The van der Waals surface area contributed by atoms with Crippen molar-refractivity contribution in [3.05, 3.63) is 0 Å². The molecule has 0 aliphatic carbocycles. The summed E-state index contributed by atoms with van der Waals surface area (Å²) in [6.45, 7) is 0. The normalized spacial score (nSPS) is 11.2. The van der Waals surface area contributed by atoms with Crippen LogP contribution in [-0.4, -0.2) is 3.83 Å². The van der Waals surface area contributed by atoms with Crippen molar-refractivity contribution >= 4 is 0 Å². The van der Waals surface area contributed by atoms with E-state index in [0.717, 1.165) is 0 Å². The van der Waals surface area contributed by atoms with Gasteiger partial charge < -0.3 is 0 Å². The zero-order valence-corrected chi connectivity index (χ0v) is 3.47. The van der Waals surface area contributed by atoms with Gasteiger partial charge in [0.15, 0.2) is 0 Å². The molecule has 3 nitrogen and oxygen atoms in total. The average Bonchev–Trinajstić information content (AvgIpc) is 0.811. The Morgan fingerprint density at radius 3 is 1.50 bits per heavy atom. The molecule has 31 valence electrons. The van der Waals surface area contributed by atoms with Crippen LogP contribution in [0.5, 0.6) is 0 Å². The summed E-state index contributed by atoms with van der Waals surface area (Å²) in [5.41, 5.74) is 0. The molecule has 0 aromatic heterocycles. The van der Waals surface area contributed by atoms with Crippen molar-refractivity contribution in [1.82, 2.24) is 0 Å². The van der Waals surface area contributed by atoms with Crippen molar-refractivity contribution in [2.75, 3.05) is 0 Å². The van der Waals surface area contributed by atoms with E-state index in [2.05, 4.69) is 8.73 Å². The van der Waals surface area contributed by atoms with Crippen LogP contribution in [0.4, 0.5) is 0 Å². The van der Waals surface area contributed by atoms with E-state index >= 15 is 0 Å². The van der Waals surface area contributed by atoms with Crippen LogP contribution in [0.2, 0.25) is 0 Å². The Bertz CT molecular complexity index is 10.8. The number of nitrogens with two attached hydrogens (primary N) is 2. The molecular weight excluding hydrogens is 150 g/mol. The molecule has 0 bridgehead atoms. The van der Waals surface area contributed by atoms with Crippen molar-refractivity contribution in [3.63, 3.8) is 0 Å². The molecule has 0 aliphatic rings. The molecular formula is H5N2OPd. The summed E-state index contributed by atoms with van der Waals surface area (Å²) in [4.78, 5) is 0. The second-order valence-corrected chi connectivity index (χ2v) is 1.59. The maximum absolute atomic E-state index is 7.73. The van der Waals surface area contributed by atoms with E-state index in [1.165, 1.54) is 0 Å². The van der Waals surface area contributed by atoms with Crippen LogP contribution in [0.15, 0.2) is 0 Å². The van der Waals surface area contributed by atoms with Gasteiger partial charge in [-0.25, -0.2) is 0 Å². The third kappa shape index (κ3) is 20.6. The SMILES string of the molecule is [NH2][Pd]([NH2])[OH]. The van der Waals surface area contributed by atoms with Crippen LogP contribution >= 0.6 is 0 Å². The second-order valence-electron chi connectivity index (χ2n) is 0.269. The zero-order chi connectivity index (χ0) is 3.58. The molecule has 0 radical (unpaired) electrons. The van der Waals surface area contributed by atoms with Crippen LogP contribution in [0.25, 0.3) is 0 Å². The van der Waals surface area contributed by atoms with Gasteiger partial charge in [0.1, 0.15) is 0 Å². The Morgan fingerprint density at radius 1 is 1.50 bits per heavy atom. The van der Waals surface area contributed by atoms with E-state index in [4.69, 9.17) is 3.83 Å². The third-order valence-electron chi connectivity index (χ3n) is 0. The first-order chi connectivity index (χ1) is 1.73. The summed E-state index contributed by atoms with van der Waals surface area (Å²) in [6, 6.07) is 0. The topological polar surface area (TPSA) is 72.3 Å². The van der Waals surface area contributed by atoms with E-state index < -0.39 is 17.6 Å².